The summed E-state index contributed by atoms with van der Waals surface area (Å²) in [4.78, 5) is 35.6. The minimum absolute atomic E-state index is 0.140. The number of amides is 1. The van der Waals surface area contributed by atoms with E-state index < -0.39 is 17.1 Å². The lowest BCUT2D eigenvalue weighted by atomic mass is 10.2. The fourth-order valence-electron chi connectivity index (χ4n) is 2.10. The molecule has 2 rings (SSSR count). The Kier molecular flexibility index (Phi) is 3.59. The van der Waals surface area contributed by atoms with Gasteiger partial charge < -0.3 is 5.32 Å². The van der Waals surface area contributed by atoms with E-state index in [4.69, 9.17) is 0 Å². The lowest BCUT2D eigenvalue weighted by Gasteiger charge is -2.12. The summed E-state index contributed by atoms with van der Waals surface area (Å²) in [5.41, 5.74) is -1.87. The van der Waals surface area contributed by atoms with Crippen molar-refractivity contribution < 1.29 is 9.18 Å². The average Bonchev–Trinajstić information content (AvgIpc) is 2.78. The van der Waals surface area contributed by atoms with Crippen LogP contribution in [0, 0.1) is 5.82 Å². The Morgan fingerprint density at radius 3 is 2.78 bits per heavy atom. The summed E-state index contributed by atoms with van der Waals surface area (Å²) in [6.45, 7) is -0.289. The van der Waals surface area contributed by atoms with Crippen LogP contribution in [0.5, 0.6) is 0 Å². The standard InChI is InChI=1S/C11H14FN3O3/c12-8-5-15(11(18)14-10(8)17)6-9(16)13-7-3-1-2-4-7/h5,7H,1-4,6H2,(H,13,16)(H,14,17,18). The largest absolute Gasteiger partial charge is 0.352 e. The first-order valence-electron chi connectivity index (χ1n) is 5.85. The third-order valence-electron chi connectivity index (χ3n) is 3.00. The molecular weight excluding hydrogens is 241 g/mol. The predicted molar refractivity (Wildman–Crippen MR) is 61.7 cm³/mol. The van der Waals surface area contributed by atoms with E-state index >= 15 is 0 Å². The van der Waals surface area contributed by atoms with Gasteiger partial charge in [0.05, 0.1) is 6.20 Å². The Morgan fingerprint density at radius 1 is 1.44 bits per heavy atom. The Bertz CT molecular complexity index is 557. The van der Waals surface area contributed by atoms with E-state index in [0.717, 1.165) is 36.4 Å². The number of hydrogen-bond acceptors (Lipinski definition) is 3. The molecule has 0 atom stereocenters. The first-order valence-corrected chi connectivity index (χ1v) is 5.85. The Hall–Kier alpha value is -1.92. The molecule has 1 fully saturated rings. The molecule has 1 aliphatic rings. The number of rotatable bonds is 3. The number of aromatic amines is 1. The van der Waals surface area contributed by atoms with Crippen LogP contribution in [0.25, 0.3) is 0 Å². The molecule has 0 aromatic carbocycles. The second-order valence-electron chi connectivity index (χ2n) is 4.41. The summed E-state index contributed by atoms with van der Waals surface area (Å²) < 4.78 is 13.8. The summed E-state index contributed by atoms with van der Waals surface area (Å²) in [6, 6.07) is 0.140. The molecule has 18 heavy (non-hydrogen) atoms. The van der Waals surface area contributed by atoms with Gasteiger partial charge in [-0.1, -0.05) is 12.8 Å². The highest BCUT2D eigenvalue weighted by molar-refractivity contribution is 5.76. The van der Waals surface area contributed by atoms with Crippen LogP contribution in [0.4, 0.5) is 4.39 Å². The zero-order valence-electron chi connectivity index (χ0n) is 9.74. The molecule has 0 radical (unpaired) electrons. The summed E-state index contributed by atoms with van der Waals surface area (Å²) in [7, 11) is 0. The molecule has 0 bridgehead atoms. The molecule has 0 aliphatic heterocycles. The van der Waals surface area contributed by atoms with Crippen molar-refractivity contribution in [2.75, 3.05) is 0 Å². The molecule has 1 aliphatic carbocycles. The molecule has 0 unspecified atom stereocenters. The zero-order chi connectivity index (χ0) is 13.1. The second-order valence-corrected chi connectivity index (χ2v) is 4.41. The van der Waals surface area contributed by atoms with Gasteiger partial charge in [0.25, 0.3) is 5.56 Å². The smallest absolute Gasteiger partial charge is 0.328 e. The van der Waals surface area contributed by atoms with Crippen molar-refractivity contribution in [2.45, 2.75) is 38.3 Å². The van der Waals surface area contributed by atoms with Crippen LogP contribution in [0.2, 0.25) is 0 Å². The molecule has 1 saturated carbocycles. The topological polar surface area (TPSA) is 84.0 Å². The Labute approximate surface area is 102 Å². The molecule has 1 amide bonds. The van der Waals surface area contributed by atoms with Crippen LogP contribution >= 0.6 is 0 Å². The van der Waals surface area contributed by atoms with Gasteiger partial charge >= 0.3 is 5.69 Å². The number of halogens is 1. The van der Waals surface area contributed by atoms with Crippen molar-refractivity contribution in [3.8, 4) is 0 Å². The number of carbonyl (C=O) groups excluding carboxylic acids is 1. The minimum Gasteiger partial charge on any atom is -0.352 e. The molecule has 7 heteroatoms. The highest BCUT2D eigenvalue weighted by Crippen LogP contribution is 2.17. The zero-order valence-corrected chi connectivity index (χ0v) is 9.74. The van der Waals surface area contributed by atoms with E-state index in [9.17, 15) is 18.8 Å². The highest BCUT2D eigenvalue weighted by atomic mass is 19.1. The maximum absolute atomic E-state index is 13.0. The van der Waals surface area contributed by atoms with E-state index in [1.54, 1.807) is 4.98 Å². The summed E-state index contributed by atoms with van der Waals surface area (Å²) in [6.07, 6.45) is 4.77. The molecular formula is C11H14FN3O3. The highest BCUT2D eigenvalue weighted by Gasteiger charge is 2.17. The van der Waals surface area contributed by atoms with Crippen LogP contribution in [0.3, 0.4) is 0 Å². The van der Waals surface area contributed by atoms with E-state index in [0.29, 0.717) is 0 Å². The number of aromatic nitrogens is 2. The van der Waals surface area contributed by atoms with Crippen molar-refractivity contribution in [3.05, 3.63) is 32.9 Å². The molecule has 2 N–H and O–H groups in total. The minimum atomic E-state index is -1.08. The van der Waals surface area contributed by atoms with Gasteiger partial charge in [0.2, 0.25) is 11.7 Å². The van der Waals surface area contributed by atoms with Crippen molar-refractivity contribution >= 4 is 5.91 Å². The van der Waals surface area contributed by atoms with Crippen LogP contribution < -0.4 is 16.6 Å². The van der Waals surface area contributed by atoms with Gasteiger partial charge in [0.15, 0.2) is 0 Å². The number of nitrogens with zero attached hydrogens (tertiary/aromatic N) is 1. The van der Waals surface area contributed by atoms with Crippen molar-refractivity contribution in [1.29, 1.82) is 0 Å². The Morgan fingerprint density at radius 2 is 2.11 bits per heavy atom. The average molecular weight is 255 g/mol. The molecule has 1 aromatic rings. The molecule has 6 nitrogen and oxygen atoms in total. The maximum Gasteiger partial charge on any atom is 0.328 e. The van der Waals surface area contributed by atoms with Gasteiger partial charge in [0.1, 0.15) is 6.54 Å². The van der Waals surface area contributed by atoms with E-state index in [1.807, 2.05) is 0 Å². The molecule has 98 valence electrons. The lowest BCUT2D eigenvalue weighted by molar-refractivity contribution is -0.122. The van der Waals surface area contributed by atoms with Crippen molar-refractivity contribution in [3.63, 3.8) is 0 Å². The Balaban J connectivity index is 2.04. The van der Waals surface area contributed by atoms with Gasteiger partial charge in [-0.05, 0) is 12.8 Å². The summed E-state index contributed by atoms with van der Waals surface area (Å²) in [5.74, 6) is -1.43. The fraction of sp³-hybridized carbons (Fsp3) is 0.545. The maximum atomic E-state index is 13.0. The first kappa shape index (κ1) is 12.5. The third-order valence-corrected chi connectivity index (χ3v) is 3.00. The number of H-pyrrole nitrogens is 1. The van der Waals surface area contributed by atoms with Crippen molar-refractivity contribution in [1.82, 2.24) is 14.9 Å². The van der Waals surface area contributed by atoms with Gasteiger partial charge in [-0.3, -0.25) is 19.1 Å². The molecule has 0 saturated heterocycles. The summed E-state index contributed by atoms with van der Waals surface area (Å²) >= 11 is 0. The summed E-state index contributed by atoms with van der Waals surface area (Å²) in [5, 5.41) is 2.78. The number of hydrogen-bond donors (Lipinski definition) is 2. The normalized spacial score (nSPS) is 15.8. The van der Waals surface area contributed by atoms with Gasteiger partial charge in [-0.2, -0.15) is 4.39 Å². The third kappa shape index (κ3) is 2.85. The molecule has 1 aromatic heterocycles. The first-order chi connectivity index (χ1) is 8.56. The van der Waals surface area contributed by atoms with E-state index in [-0.39, 0.29) is 18.5 Å². The van der Waals surface area contributed by atoms with Crippen LogP contribution in [-0.2, 0) is 11.3 Å². The SMILES string of the molecule is O=C(Cn1cc(F)c(=O)[nH]c1=O)NC1CCCC1. The van der Waals surface area contributed by atoms with Crippen LogP contribution in [-0.4, -0.2) is 21.5 Å². The lowest BCUT2D eigenvalue weighted by Crippen LogP contribution is -2.39. The van der Waals surface area contributed by atoms with Crippen molar-refractivity contribution in [2.24, 2.45) is 0 Å². The van der Waals surface area contributed by atoms with Gasteiger partial charge in [0, 0.05) is 6.04 Å². The molecule has 0 spiro atoms. The van der Waals surface area contributed by atoms with E-state index in [2.05, 4.69) is 5.32 Å². The second kappa shape index (κ2) is 5.16. The molecule has 1 heterocycles. The quantitative estimate of drug-likeness (QED) is 0.780. The van der Waals surface area contributed by atoms with Crippen LogP contribution in [0.1, 0.15) is 25.7 Å². The number of nitrogens with one attached hydrogen (secondary N) is 2. The van der Waals surface area contributed by atoms with Gasteiger partial charge in [-0.15, -0.1) is 0 Å². The monoisotopic (exact) mass is 255 g/mol. The fourth-order valence-corrected chi connectivity index (χ4v) is 2.10. The van der Waals surface area contributed by atoms with E-state index in [1.165, 1.54) is 0 Å². The van der Waals surface area contributed by atoms with Crippen LogP contribution in [0.15, 0.2) is 15.8 Å². The predicted octanol–water partition coefficient (Wildman–Crippen LogP) is -0.266. The van der Waals surface area contributed by atoms with Gasteiger partial charge in [-0.25, -0.2) is 4.79 Å². The number of carbonyl (C=O) groups is 1.